The predicted octanol–water partition coefficient (Wildman–Crippen LogP) is 6.40. The first-order valence-corrected chi connectivity index (χ1v) is 13.5. The molecule has 0 N–H and O–H groups in total. The summed E-state index contributed by atoms with van der Waals surface area (Å²) in [7, 11) is -3.90. The van der Waals surface area contributed by atoms with Crippen molar-refractivity contribution in [2.45, 2.75) is 31.8 Å². The number of rotatable bonds is 6. The molecule has 0 atom stereocenters. The first-order valence-electron chi connectivity index (χ1n) is 12.1. The third kappa shape index (κ3) is 4.95. The number of benzene rings is 4. The molecule has 0 saturated carbocycles. The van der Waals surface area contributed by atoms with Crippen molar-refractivity contribution in [3.63, 3.8) is 0 Å². The van der Waals surface area contributed by atoms with Crippen LogP contribution in [0.4, 0.5) is 11.4 Å². The van der Waals surface area contributed by atoms with E-state index in [1.54, 1.807) is 36.4 Å². The van der Waals surface area contributed by atoms with Gasteiger partial charge in [-0.2, -0.15) is 8.42 Å². The quantitative estimate of drug-likeness (QED) is 0.288. The molecule has 0 amide bonds. The molecule has 0 radical (unpaired) electrons. The second-order valence-corrected chi connectivity index (χ2v) is 10.9. The highest BCUT2D eigenvalue weighted by Gasteiger charge is 2.33. The standard InChI is InChI=1S/C30H30N2O3S/c1-22-4-12-26(13-5-22)31-20-21-32(27-14-6-23(2)7-15-27)30(31)25-10-16-28(17-11-25)35-36(33,34)29-18-8-24(3)9-19-29/h4-19,30H,20-21H2,1-3H3. The van der Waals surface area contributed by atoms with Crippen molar-refractivity contribution in [3.8, 4) is 5.75 Å². The summed E-state index contributed by atoms with van der Waals surface area (Å²) in [6, 6.07) is 31.2. The van der Waals surface area contributed by atoms with E-state index in [4.69, 9.17) is 4.18 Å². The molecule has 4 aromatic carbocycles. The molecule has 5 rings (SSSR count). The molecule has 1 fully saturated rings. The van der Waals surface area contributed by atoms with Gasteiger partial charge in [0, 0.05) is 24.5 Å². The van der Waals surface area contributed by atoms with Crippen LogP contribution in [-0.4, -0.2) is 21.5 Å². The van der Waals surface area contributed by atoms with Gasteiger partial charge in [0.25, 0.3) is 0 Å². The molecule has 0 aromatic heterocycles. The van der Waals surface area contributed by atoms with Crippen molar-refractivity contribution in [2.24, 2.45) is 0 Å². The Morgan fingerprint density at radius 2 is 1.03 bits per heavy atom. The summed E-state index contributed by atoms with van der Waals surface area (Å²) in [4.78, 5) is 4.92. The summed E-state index contributed by atoms with van der Waals surface area (Å²) in [6.45, 7) is 7.85. The second kappa shape index (κ2) is 9.70. The fourth-order valence-electron chi connectivity index (χ4n) is 4.58. The zero-order valence-electron chi connectivity index (χ0n) is 20.8. The van der Waals surface area contributed by atoms with Crippen LogP contribution in [0.1, 0.15) is 28.4 Å². The zero-order chi connectivity index (χ0) is 25.3. The van der Waals surface area contributed by atoms with Crippen LogP contribution in [0.2, 0.25) is 0 Å². The fourth-order valence-corrected chi connectivity index (χ4v) is 5.51. The highest BCUT2D eigenvalue weighted by Crippen LogP contribution is 2.38. The van der Waals surface area contributed by atoms with Crippen LogP contribution in [0, 0.1) is 20.8 Å². The van der Waals surface area contributed by atoms with Gasteiger partial charge in [-0.05, 0) is 74.9 Å². The zero-order valence-corrected chi connectivity index (χ0v) is 21.6. The Kier molecular flexibility index (Phi) is 6.46. The molecule has 0 aliphatic carbocycles. The Hall–Kier alpha value is -3.77. The van der Waals surface area contributed by atoms with Crippen LogP contribution in [-0.2, 0) is 10.1 Å². The SMILES string of the molecule is Cc1ccc(N2CCN(c3ccc(C)cc3)C2c2ccc(OS(=O)(=O)c3ccc(C)cc3)cc2)cc1. The topological polar surface area (TPSA) is 49.9 Å². The highest BCUT2D eigenvalue weighted by atomic mass is 32.2. The van der Waals surface area contributed by atoms with E-state index in [2.05, 4.69) is 72.2 Å². The molecule has 5 nitrogen and oxygen atoms in total. The van der Waals surface area contributed by atoms with E-state index in [1.807, 2.05) is 19.1 Å². The smallest absolute Gasteiger partial charge is 0.339 e. The average molecular weight is 499 g/mol. The third-order valence-corrected chi connectivity index (χ3v) is 7.86. The van der Waals surface area contributed by atoms with Crippen LogP contribution in [0.15, 0.2) is 102 Å². The largest absolute Gasteiger partial charge is 0.379 e. The summed E-state index contributed by atoms with van der Waals surface area (Å²) < 4.78 is 30.9. The van der Waals surface area contributed by atoms with Gasteiger partial charge in [-0.15, -0.1) is 0 Å². The van der Waals surface area contributed by atoms with E-state index in [0.29, 0.717) is 5.75 Å². The van der Waals surface area contributed by atoms with Gasteiger partial charge in [0.05, 0.1) is 0 Å². The number of aryl methyl sites for hydroxylation is 3. The van der Waals surface area contributed by atoms with Gasteiger partial charge in [-0.25, -0.2) is 0 Å². The maximum Gasteiger partial charge on any atom is 0.339 e. The van der Waals surface area contributed by atoms with Crippen LogP contribution in [0.25, 0.3) is 0 Å². The van der Waals surface area contributed by atoms with E-state index in [9.17, 15) is 8.42 Å². The molecule has 0 bridgehead atoms. The average Bonchev–Trinajstić information content (AvgIpc) is 3.30. The summed E-state index contributed by atoms with van der Waals surface area (Å²) in [5.41, 5.74) is 6.81. The molecule has 6 heteroatoms. The van der Waals surface area contributed by atoms with Crippen LogP contribution < -0.4 is 14.0 Å². The number of hydrogen-bond donors (Lipinski definition) is 0. The Labute approximate surface area is 213 Å². The van der Waals surface area contributed by atoms with Crippen LogP contribution in [0.5, 0.6) is 5.75 Å². The monoisotopic (exact) mass is 498 g/mol. The van der Waals surface area contributed by atoms with E-state index < -0.39 is 10.1 Å². The number of hydrogen-bond acceptors (Lipinski definition) is 5. The molecule has 1 aliphatic rings. The molecular formula is C30H30N2O3S. The maximum absolute atomic E-state index is 12.7. The minimum absolute atomic E-state index is 0.0295. The molecule has 184 valence electrons. The van der Waals surface area contributed by atoms with Gasteiger partial charge in [0.1, 0.15) is 16.8 Å². The summed E-state index contributed by atoms with van der Waals surface area (Å²) in [6.07, 6.45) is -0.0295. The van der Waals surface area contributed by atoms with Crippen molar-refractivity contribution in [2.75, 3.05) is 22.9 Å². The fraction of sp³-hybridized carbons (Fsp3) is 0.200. The molecular weight excluding hydrogens is 468 g/mol. The molecule has 4 aromatic rings. The lowest BCUT2D eigenvalue weighted by Crippen LogP contribution is -2.30. The second-order valence-electron chi connectivity index (χ2n) is 9.35. The van der Waals surface area contributed by atoms with Gasteiger partial charge in [-0.1, -0.05) is 65.2 Å². The Morgan fingerprint density at radius 3 is 1.47 bits per heavy atom. The highest BCUT2D eigenvalue weighted by molar-refractivity contribution is 7.87. The lowest BCUT2D eigenvalue weighted by atomic mass is 10.1. The van der Waals surface area contributed by atoms with Crippen molar-refractivity contribution < 1.29 is 12.6 Å². The number of nitrogens with zero attached hydrogens (tertiary/aromatic N) is 2. The molecule has 1 saturated heterocycles. The minimum atomic E-state index is -3.90. The van der Waals surface area contributed by atoms with Gasteiger partial charge in [-0.3, -0.25) is 0 Å². The van der Waals surface area contributed by atoms with E-state index in [0.717, 1.165) is 35.6 Å². The predicted molar refractivity (Wildman–Crippen MR) is 145 cm³/mol. The molecule has 0 unspecified atom stereocenters. The van der Waals surface area contributed by atoms with Gasteiger partial charge in [0.2, 0.25) is 0 Å². The van der Waals surface area contributed by atoms with Gasteiger partial charge < -0.3 is 14.0 Å². The Balaban J connectivity index is 1.45. The number of anilines is 2. The van der Waals surface area contributed by atoms with E-state index >= 15 is 0 Å². The third-order valence-electron chi connectivity index (χ3n) is 6.60. The minimum Gasteiger partial charge on any atom is -0.379 e. The van der Waals surface area contributed by atoms with Crippen LogP contribution in [0.3, 0.4) is 0 Å². The van der Waals surface area contributed by atoms with Crippen molar-refractivity contribution >= 4 is 21.5 Å². The molecule has 0 spiro atoms. The van der Waals surface area contributed by atoms with Crippen molar-refractivity contribution in [1.82, 2.24) is 0 Å². The van der Waals surface area contributed by atoms with E-state index in [1.165, 1.54) is 11.1 Å². The maximum atomic E-state index is 12.7. The van der Waals surface area contributed by atoms with Gasteiger partial charge >= 0.3 is 10.1 Å². The summed E-state index contributed by atoms with van der Waals surface area (Å²) >= 11 is 0. The lowest BCUT2D eigenvalue weighted by molar-refractivity contribution is 0.486. The Morgan fingerprint density at radius 1 is 0.611 bits per heavy atom. The first-order chi connectivity index (χ1) is 17.3. The molecule has 1 heterocycles. The summed E-state index contributed by atoms with van der Waals surface area (Å²) in [5, 5.41) is 0. The lowest BCUT2D eigenvalue weighted by Gasteiger charge is -2.33. The van der Waals surface area contributed by atoms with Crippen molar-refractivity contribution in [3.05, 3.63) is 119 Å². The van der Waals surface area contributed by atoms with Gasteiger partial charge in [0.15, 0.2) is 0 Å². The normalized spacial score (nSPS) is 14.3. The van der Waals surface area contributed by atoms with Crippen LogP contribution >= 0.6 is 0 Å². The summed E-state index contributed by atoms with van der Waals surface area (Å²) in [5.74, 6) is 0.293. The molecule has 36 heavy (non-hydrogen) atoms. The van der Waals surface area contributed by atoms with Crippen molar-refractivity contribution in [1.29, 1.82) is 0 Å². The Bertz CT molecular complexity index is 1380. The van der Waals surface area contributed by atoms with E-state index in [-0.39, 0.29) is 11.1 Å². The molecule has 1 aliphatic heterocycles. The first kappa shape index (κ1) is 23.9.